The molecule has 190 valence electrons. The Morgan fingerprint density at radius 2 is 1.28 bits per heavy atom. The number of hydrogen-bond donors (Lipinski definition) is 1. The molecule has 39 heavy (non-hydrogen) atoms. The fourth-order valence-corrected chi connectivity index (χ4v) is 9.45. The Morgan fingerprint density at radius 3 is 1.69 bits per heavy atom. The van der Waals surface area contributed by atoms with Crippen LogP contribution >= 0.6 is 18.2 Å². The molecule has 0 aliphatic rings. The highest BCUT2D eigenvalue weighted by molar-refractivity contribution is 7.97. The molecule has 0 saturated heterocycles. The molecule has 0 unspecified atom stereocenters. The highest BCUT2D eigenvalue weighted by atomic mass is 32.1. The summed E-state index contributed by atoms with van der Waals surface area (Å²) in [4.78, 5) is 11.5. The van der Waals surface area contributed by atoms with E-state index in [1.165, 1.54) is 23.5 Å². The van der Waals surface area contributed by atoms with Crippen LogP contribution in [-0.2, 0) is 0 Å². The van der Waals surface area contributed by atoms with Crippen molar-refractivity contribution in [3.8, 4) is 6.07 Å². The molecule has 5 rings (SSSR count). The van der Waals surface area contributed by atoms with E-state index in [1.54, 1.807) is 12.1 Å². The highest BCUT2D eigenvalue weighted by Gasteiger charge is 2.33. The zero-order valence-electron chi connectivity index (χ0n) is 20.7. The number of nitrogens with zero attached hydrogens (tertiary/aromatic N) is 3. The average molecular weight is 547 g/mol. The van der Waals surface area contributed by atoms with Gasteiger partial charge in [-0.05, 0) is 46.4 Å². The predicted octanol–water partition coefficient (Wildman–Crippen LogP) is 6.16. The molecule has 1 N–H and O–H groups in total. The molecule has 0 fully saturated rings. The molecule has 6 nitrogen and oxygen atoms in total. The quantitative estimate of drug-likeness (QED) is 0.109. The third-order valence-corrected chi connectivity index (χ3v) is 11.3. The van der Waals surface area contributed by atoms with Crippen LogP contribution in [0.4, 0.5) is 11.4 Å². The lowest BCUT2D eigenvalue weighted by atomic mass is 10.2. The number of nitrogens with one attached hydrogen (secondary N) is 1. The summed E-state index contributed by atoms with van der Waals surface area (Å²) < 4.78 is 0. The number of non-ortho nitro benzene ring substituents is 1. The lowest BCUT2D eigenvalue weighted by molar-refractivity contribution is -0.384. The van der Waals surface area contributed by atoms with Gasteiger partial charge in [-0.25, -0.2) is 0 Å². The average Bonchev–Trinajstić information content (AvgIpc) is 3.53. The van der Waals surface area contributed by atoms with Crippen LogP contribution in [-0.4, -0.2) is 15.9 Å². The van der Waals surface area contributed by atoms with Crippen molar-refractivity contribution in [2.24, 2.45) is 5.10 Å². The fraction of sp³-hybridized carbons (Fsp3) is 0. The number of benzene rings is 4. The molecule has 0 amide bonds. The van der Waals surface area contributed by atoms with Crippen molar-refractivity contribution in [3.63, 3.8) is 0 Å². The summed E-state index contributed by atoms with van der Waals surface area (Å²) in [7, 11) is 0. The number of nitro groups is 1. The predicted molar refractivity (Wildman–Crippen MR) is 163 cm³/mol. The van der Waals surface area contributed by atoms with Gasteiger partial charge in [0.25, 0.3) is 5.69 Å². The van der Waals surface area contributed by atoms with E-state index >= 15 is 0 Å². The van der Waals surface area contributed by atoms with Crippen molar-refractivity contribution in [3.05, 3.63) is 148 Å². The van der Waals surface area contributed by atoms with Crippen molar-refractivity contribution < 1.29 is 4.92 Å². The molecule has 1 aromatic heterocycles. The summed E-state index contributed by atoms with van der Waals surface area (Å²) in [6.45, 7) is -2.70. The van der Waals surface area contributed by atoms with Crippen LogP contribution in [0, 0.1) is 21.4 Å². The number of nitriles is 1. The van der Waals surface area contributed by atoms with E-state index in [-0.39, 0.29) is 5.69 Å². The summed E-state index contributed by atoms with van der Waals surface area (Å²) in [5, 5.41) is 32.5. The van der Waals surface area contributed by atoms with Crippen molar-refractivity contribution in [2.45, 2.75) is 0 Å². The molecule has 0 saturated carbocycles. The van der Waals surface area contributed by atoms with E-state index in [2.05, 4.69) is 47.9 Å². The second-order valence-electron chi connectivity index (χ2n) is 8.49. The van der Waals surface area contributed by atoms with E-state index in [9.17, 15) is 15.4 Å². The minimum absolute atomic E-state index is 0.00513. The Morgan fingerprint density at radius 1 is 0.769 bits per heavy atom. The molecular formula is C31H23N4O2PS. The number of hydrogen-bond acceptors (Lipinski definition) is 6. The summed E-state index contributed by atoms with van der Waals surface area (Å²) in [5.74, 6) is 0. The Kier molecular flexibility index (Phi) is 7.79. The van der Waals surface area contributed by atoms with Crippen LogP contribution < -0.4 is 21.3 Å². The van der Waals surface area contributed by atoms with Crippen LogP contribution in [0.2, 0.25) is 0 Å². The van der Waals surface area contributed by atoms with Gasteiger partial charge in [-0.2, -0.15) is 10.4 Å². The first-order valence-electron chi connectivity index (χ1n) is 12.1. The van der Waals surface area contributed by atoms with E-state index in [0.717, 1.165) is 20.8 Å². The molecule has 0 aliphatic heterocycles. The van der Waals surface area contributed by atoms with Gasteiger partial charge in [0.1, 0.15) is 11.8 Å². The lowest BCUT2D eigenvalue weighted by Crippen LogP contribution is -2.33. The highest BCUT2D eigenvalue weighted by Crippen LogP contribution is 2.47. The maximum absolute atomic E-state index is 11.1. The minimum Gasteiger partial charge on any atom is -0.278 e. The van der Waals surface area contributed by atoms with Gasteiger partial charge in [0, 0.05) is 12.1 Å². The molecule has 5 aromatic rings. The first-order chi connectivity index (χ1) is 19.1. The number of anilines is 1. The lowest BCUT2D eigenvalue weighted by Gasteiger charge is -2.30. The maximum atomic E-state index is 11.1. The third-order valence-electron chi connectivity index (χ3n) is 6.23. The van der Waals surface area contributed by atoms with Crippen molar-refractivity contribution in [2.75, 3.05) is 5.43 Å². The zero-order chi connectivity index (χ0) is 27.1. The minimum atomic E-state index is -2.70. The summed E-state index contributed by atoms with van der Waals surface area (Å²) in [6.07, 6.45) is 0. The van der Waals surface area contributed by atoms with E-state index < -0.39 is 11.8 Å². The third kappa shape index (κ3) is 5.17. The largest absolute Gasteiger partial charge is 0.278 e. The van der Waals surface area contributed by atoms with Crippen LogP contribution in [0.15, 0.2) is 138 Å². The standard InChI is InChI=1S/C31H23N4O2PS/c32-23-29(31(30-17-10-22-39-30)34-33-24-18-20-25(21-19-24)35(36)37)38(26-11-4-1-5-12-26,27-13-6-2-7-14-27)28-15-8-3-9-16-28/h1-22,33H/b34-31-. The molecule has 8 heteroatoms. The smallest absolute Gasteiger partial charge is 0.269 e. The zero-order valence-corrected chi connectivity index (χ0v) is 22.4. The van der Waals surface area contributed by atoms with Gasteiger partial charge in [0.05, 0.1) is 20.8 Å². The van der Waals surface area contributed by atoms with Gasteiger partial charge < -0.3 is 0 Å². The van der Waals surface area contributed by atoms with Gasteiger partial charge >= 0.3 is 0 Å². The van der Waals surface area contributed by atoms with Gasteiger partial charge in [-0.1, -0.05) is 97.1 Å². The Labute approximate surface area is 230 Å². The van der Waals surface area contributed by atoms with Crippen LogP contribution in [0.5, 0.6) is 0 Å². The van der Waals surface area contributed by atoms with Crippen molar-refractivity contribution in [1.29, 1.82) is 5.26 Å². The molecule has 4 aromatic carbocycles. The molecule has 1 heterocycles. The fourth-order valence-electron chi connectivity index (χ4n) is 4.49. The molecule has 0 atom stereocenters. The number of nitro benzene ring substituents is 1. The van der Waals surface area contributed by atoms with Gasteiger partial charge in [0.15, 0.2) is 0 Å². The van der Waals surface area contributed by atoms with Crippen LogP contribution in [0.3, 0.4) is 0 Å². The summed E-state index contributed by atoms with van der Waals surface area (Å²) in [6, 6.07) is 43.0. The number of rotatable bonds is 8. The van der Waals surface area contributed by atoms with E-state index in [4.69, 9.17) is 5.10 Å². The summed E-state index contributed by atoms with van der Waals surface area (Å²) in [5.41, 5.74) is 4.17. The second kappa shape index (κ2) is 11.7. The van der Waals surface area contributed by atoms with E-state index in [0.29, 0.717) is 16.7 Å². The van der Waals surface area contributed by atoms with Crippen molar-refractivity contribution >= 4 is 56.5 Å². The number of thiophene rings is 1. The molecular weight excluding hydrogens is 523 g/mol. The SMILES string of the molecule is N#CC(/C(=N/Nc1ccc([N+](=O)[O-])cc1)c1cccs1)=P(c1ccccc1)(c1ccccc1)c1ccccc1. The second-order valence-corrected chi connectivity index (χ2v) is 12.8. The normalized spacial score (nSPS) is 11.4. The number of hydrazone groups is 1. The molecule has 0 aliphatic carbocycles. The van der Waals surface area contributed by atoms with Crippen molar-refractivity contribution in [1.82, 2.24) is 0 Å². The Hall–Kier alpha value is -4.76. The van der Waals surface area contributed by atoms with Gasteiger partial charge in [-0.3, -0.25) is 15.5 Å². The molecule has 0 spiro atoms. The van der Waals surface area contributed by atoms with Gasteiger partial charge in [-0.15, -0.1) is 11.3 Å². The first-order valence-corrected chi connectivity index (χ1v) is 14.8. The molecule has 0 radical (unpaired) electrons. The Balaban J connectivity index is 1.86. The van der Waals surface area contributed by atoms with Crippen LogP contribution in [0.1, 0.15) is 4.88 Å². The van der Waals surface area contributed by atoms with Gasteiger partial charge in [0.2, 0.25) is 0 Å². The monoisotopic (exact) mass is 546 g/mol. The summed E-state index contributed by atoms with van der Waals surface area (Å²) >= 11 is 1.50. The van der Waals surface area contributed by atoms with Crippen LogP contribution in [0.25, 0.3) is 0 Å². The molecule has 0 bridgehead atoms. The Bertz CT molecular complexity index is 1590. The topological polar surface area (TPSA) is 91.3 Å². The first kappa shape index (κ1) is 25.9. The maximum Gasteiger partial charge on any atom is 0.269 e. The van der Waals surface area contributed by atoms with E-state index in [1.807, 2.05) is 72.1 Å².